The average Bonchev–Trinajstić information content (AvgIpc) is 3.09. The Morgan fingerprint density at radius 2 is 2.00 bits per heavy atom. The number of fused-ring (bicyclic) bond motifs is 1. The number of aliphatic carboxylic acids is 1. The summed E-state index contributed by atoms with van der Waals surface area (Å²) < 4.78 is 5.23. The number of ether oxygens (including phenoxy) is 1. The lowest BCUT2D eigenvalue weighted by atomic mass is 10.1. The molecular weight excluding hydrogens is 350 g/mol. The molecule has 0 fully saturated rings. The maximum absolute atomic E-state index is 10.5. The molecule has 0 atom stereocenters. The first-order chi connectivity index (χ1) is 12.7. The third kappa shape index (κ3) is 4.29. The summed E-state index contributed by atoms with van der Waals surface area (Å²) in [5, 5.41) is 15.2. The second-order valence-electron chi connectivity index (χ2n) is 5.91. The average molecular weight is 371 g/mol. The molecule has 3 aromatic rings. The Kier molecular flexibility index (Phi) is 6.01. The van der Waals surface area contributed by atoms with E-state index in [9.17, 15) is 4.79 Å². The molecule has 7 heteroatoms. The van der Waals surface area contributed by atoms with E-state index in [2.05, 4.69) is 20.7 Å². The van der Waals surface area contributed by atoms with Gasteiger partial charge in [0, 0.05) is 23.9 Å². The number of hydrogen-bond acceptors (Lipinski definition) is 6. The van der Waals surface area contributed by atoms with E-state index >= 15 is 0 Å². The molecule has 0 saturated carbocycles. The first kappa shape index (κ1) is 18.1. The highest BCUT2D eigenvalue weighted by atomic mass is 32.1. The summed E-state index contributed by atoms with van der Waals surface area (Å²) in [4.78, 5) is 20.3. The van der Waals surface area contributed by atoms with Crippen molar-refractivity contribution >= 4 is 33.3 Å². The van der Waals surface area contributed by atoms with Crippen LogP contribution in [0.3, 0.4) is 0 Å². The van der Waals surface area contributed by atoms with Crippen molar-refractivity contribution in [2.45, 2.75) is 25.7 Å². The van der Waals surface area contributed by atoms with Gasteiger partial charge < -0.3 is 15.2 Å². The van der Waals surface area contributed by atoms with E-state index in [0.717, 1.165) is 52.3 Å². The van der Waals surface area contributed by atoms with Crippen LogP contribution >= 0.6 is 11.3 Å². The predicted octanol–water partition coefficient (Wildman–Crippen LogP) is 4.42. The second kappa shape index (κ2) is 8.62. The minimum atomic E-state index is -0.738. The number of aromatic nitrogens is 2. The Bertz CT molecular complexity index is 877. The minimum absolute atomic E-state index is 0.226. The van der Waals surface area contributed by atoms with Crippen LogP contribution < -0.4 is 10.1 Å². The van der Waals surface area contributed by atoms with Gasteiger partial charge in [-0.1, -0.05) is 18.6 Å². The highest BCUT2D eigenvalue weighted by Crippen LogP contribution is 2.36. The molecule has 0 bridgehead atoms. The number of carboxylic acid groups (broad SMARTS) is 1. The fourth-order valence-electron chi connectivity index (χ4n) is 2.78. The van der Waals surface area contributed by atoms with Crippen LogP contribution in [0.4, 0.5) is 5.82 Å². The first-order valence-electron chi connectivity index (χ1n) is 8.51. The Labute approximate surface area is 155 Å². The molecule has 0 aliphatic carbocycles. The molecule has 0 radical (unpaired) electrons. The Hall–Kier alpha value is -2.67. The standard InChI is InChI=1S/C19H21N3O3S/c1-25-14-8-6-13(7-9-14)15-11-26-19-17(15)18(21-12-22-19)20-10-4-2-3-5-16(23)24/h6-9,11-12H,2-5,10H2,1H3,(H,23,24)(H,20,21,22). The van der Waals surface area contributed by atoms with Gasteiger partial charge in [0.25, 0.3) is 0 Å². The van der Waals surface area contributed by atoms with Crippen LogP contribution in [-0.2, 0) is 4.79 Å². The van der Waals surface area contributed by atoms with Crippen LogP contribution in [0, 0.1) is 0 Å². The van der Waals surface area contributed by atoms with Crippen LogP contribution in [0.2, 0.25) is 0 Å². The molecule has 2 heterocycles. The van der Waals surface area contributed by atoms with Gasteiger partial charge in [0.1, 0.15) is 22.7 Å². The quantitative estimate of drug-likeness (QED) is 0.542. The third-order valence-electron chi connectivity index (χ3n) is 4.13. The topological polar surface area (TPSA) is 84.3 Å². The Morgan fingerprint density at radius 3 is 2.73 bits per heavy atom. The summed E-state index contributed by atoms with van der Waals surface area (Å²) in [5.41, 5.74) is 2.19. The molecule has 26 heavy (non-hydrogen) atoms. The van der Waals surface area contributed by atoms with Crippen molar-refractivity contribution in [2.24, 2.45) is 0 Å². The number of benzene rings is 1. The molecule has 3 rings (SSSR count). The normalized spacial score (nSPS) is 10.8. The minimum Gasteiger partial charge on any atom is -0.497 e. The van der Waals surface area contributed by atoms with Gasteiger partial charge >= 0.3 is 5.97 Å². The number of carbonyl (C=O) groups is 1. The SMILES string of the molecule is COc1ccc(-c2csc3ncnc(NCCCCCC(=O)O)c23)cc1. The van der Waals surface area contributed by atoms with Crippen molar-refractivity contribution in [3.05, 3.63) is 36.0 Å². The summed E-state index contributed by atoms with van der Waals surface area (Å²) in [6.07, 6.45) is 4.28. The van der Waals surface area contributed by atoms with Gasteiger partial charge in [0.2, 0.25) is 0 Å². The molecule has 0 unspecified atom stereocenters. The van der Waals surface area contributed by atoms with E-state index < -0.39 is 5.97 Å². The van der Waals surface area contributed by atoms with Gasteiger partial charge in [-0.2, -0.15) is 0 Å². The highest BCUT2D eigenvalue weighted by molar-refractivity contribution is 7.17. The van der Waals surface area contributed by atoms with E-state index in [1.165, 1.54) is 0 Å². The number of nitrogens with one attached hydrogen (secondary N) is 1. The lowest BCUT2D eigenvalue weighted by Crippen LogP contribution is -2.04. The van der Waals surface area contributed by atoms with E-state index in [-0.39, 0.29) is 6.42 Å². The summed E-state index contributed by atoms with van der Waals surface area (Å²) in [7, 11) is 1.65. The summed E-state index contributed by atoms with van der Waals surface area (Å²) in [6.45, 7) is 0.754. The van der Waals surface area contributed by atoms with E-state index in [0.29, 0.717) is 6.42 Å². The van der Waals surface area contributed by atoms with Gasteiger partial charge in [-0.25, -0.2) is 9.97 Å². The number of thiophene rings is 1. The molecule has 0 spiro atoms. The predicted molar refractivity (Wildman–Crippen MR) is 104 cm³/mol. The zero-order valence-corrected chi connectivity index (χ0v) is 15.4. The molecule has 2 N–H and O–H groups in total. The molecule has 1 aromatic carbocycles. The van der Waals surface area contributed by atoms with Crippen molar-refractivity contribution in [3.63, 3.8) is 0 Å². The molecular formula is C19H21N3O3S. The number of unbranched alkanes of at least 4 members (excludes halogenated alkanes) is 2. The molecule has 136 valence electrons. The van der Waals surface area contributed by atoms with Crippen LogP contribution in [0.1, 0.15) is 25.7 Å². The zero-order chi connectivity index (χ0) is 18.4. The van der Waals surface area contributed by atoms with Crippen LogP contribution in [0.5, 0.6) is 5.75 Å². The van der Waals surface area contributed by atoms with E-state index in [1.807, 2.05) is 24.3 Å². The Morgan fingerprint density at radius 1 is 1.19 bits per heavy atom. The van der Waals surface area contributed by atoms with Crippen LogP contribution in [0.15, 0.2) is 36.0 Å². The van der Waals surface area contributed by atoms with Gasteiger partial charge in [0.05, 0.1) is 12.5 Å². The fourth-order valence-corrected chi connectivity index (χ4v) is 3.69. The summed E-state index contributed by atoms with van der Waals surface area (Å²) in [5.74, 6) is 0.905. The largest absolute Gasteiger partial charge is 0.497 e. The van der Waals surface area contributed by atoms with Crippen LogP contribution in [-0.4, -0.2) is 34.7 Å². The molecule has 0 amide bonds. The smallest absolute Gasteiger partial charge is 0.303 e. The summed E-state index contributed by atoms with van der Waals surface area (Å²) >= 11 is 1.60. The molecule has 0 saturated heterocycles. The summed E-state index contributed by atoms with van der Waals surface area (Å²) in [6, 6.07) is 7.95. The van der Waals surface area contributed by atoms with Crippen molar-refractivity contribution in [1.82, 2.24) is 9.97 Å². The number of nitrogens with zero attached hydrogens (tertiary/aromatic N) is 2. The van der Waals surface area contributed by atoms with E-state index in [4.69, 9.17) is 9.84 Å². The van der Waals surface area contributed by atoms with Crippen molar-refractivity contribution in [1.29, 1.82) is 0 Å². The van der Waals surface area contributed by atoms with Gasteiger partial charge in [-0.05, 0) is 30.5 Å². The maximum Gasteiger partial charge on any atom is 0.303 e. The molecule has 0 aliphatic heterocycles. The number of carboxylic acids is 1. The fraction of sp³-hybridized carbons (Fsp3) is 0.316. The van der Waals surface area contributed by atoms with Crippen molar-refractivity contribution in [2.75, 3.05) is 19.0 Å². The number of rotatable bonds is 9. The van der Waals surface area contributed by atoms with Crippen LogP contribution in [0.25, 0.3) is 21.3 Å². The maximum atomic E-state index is 10.5. The number of methoxy groups -OCH3 is 1. The molecule has 6 nitrogen and oxygen atoms in total. The van der Waals surface area contributed by atoms with Gasteiger partial charge in [-0.3, -0.25) is 4.79 Å². The zero-order valence-electron chi connectivity index (χ0n) is 14.6. The van der Waals surface area contributed by atoms with Crippen molar-refractivity contribution < 1.29 is 14.6 Å². The van der Waals surface area contributed by atoms with Gasteiger partial charge in [0.15, 0.2) is 0 Å². The first-order valence-corrected chi connectivity index (χ1v) is 9.39. The lowest BCUT2D eigenvalue weighted by molar-refractivity contribution is -0.137. The second-order valence-corrected chi connectivity index (χ2v) is 6.77. The lowest BCUT2D eigenvalue weighted by Gasteiger charge is -2.08. The third-order valence-corrected chi connectivity index (χ3v) is 5.02. The Balaban J connectivity index is 1.74. The van der Waals surface area contributed by atoms with E-state index in [1.54, 1.807) is 24.8 Å². The highest BCUT2D eigenvalue weighted by Gasteiger charge is 2.13. The molecule has 0 aliphatic rings. The van der Waals surface area contributed by atoms with Crippen molar-refractivity contribution in [3.8, 4) is 16.9 Å². The van der Waals surface area contributed by atoms with Gasteiger partial charge in [-0.15, -0.1) is 11.3 Å². The number of hydrogen-bond donors (Lipinski definition) is 2. The molecule has 2 aromatic heterocycles. The number of anilines is 1. The monoisotopic (exact) mass is 371 g/mol.